The number of halogens is 1. The number of methoxy groups -OCH3 is 1. The molecule has 2 amide bonds. The Kier molecular flexibility index (Phi) is 6.43. The van der Waals surface area contributed by atoms with E-state index in [1.807, 2.05) is 41.1 Å². The Hall–Kier alpha value is -3.47. The number of nitrogens with zero attached hydrogens (tertiary/aromatic N) is 3. The number of anilines is 1. The summed E-state index contributed by atoms with van der Waals surface area (Å²) in [6.45, 7) is 0.874. The molecule has 5 aromatic rings. The minimum Gasteiger partial charge on any atom is -0.383 e. The molecule has 0 aliphatic carbocycles. The average molecular weight is 494 g/mol. The molecule has 34 heavy (non-hydrogen) atoms. The molecule has 5 rings (SSSR count). The van der Waals surface area contributed by atoms with E-state index in [1.165, 1.54) is 23.5 Å². The Bertz CT molecular complexity index is 1470. The van der Waals surface area contributed by atoms with Crippen molar-refractivity contribution in [3.05, 3.63) is 72.8 Å². The molecule has 3 aromatic heterocycles. The highest BCUT2D eigenvalue weighted by Gasteiger charge is 2.11. The van der Waals surface area contributed by atoms with Crippen molar-refractivity contribution in [1.29, 1.82) is 0 Å². The Morgan fingerprint density at radius 2 is 1.97 bits per heavy atom. The number of benzene rings is 2. The van der Waals surface area contributed by atoms with Gasteiger partial charge in [-0.05, 0) is 53.6 Å². The zero-order valence-electron chi connectivity index (χ0n) is 18.1. The Morgan fingerprint density at radius 1 is 1.15 bits per heavy atom. The number of carbonyl (C=O) groups is 1. The van der Waals surface area contributed by atoms with Crippen molar-refractivity contribution in [3.8, 4) is 11.1 Å². The molecular weight excluding hydrogens is 473 g/mol. The smallest absolute Gasteiger partial charge is 0.321 e. The van der Waals surface area contributed by atoms with Gasteiger partial charge < -0.3 is 10.1 Å². The van der Waals surface area contributed by atoms with Crippen LogP contribution in [-0.4, -0.2) is 40.7 Å². The summed E-state index contributed by atoms with van der Waals surface area (Å²) in [5.74, 6) is -0.257. The van der Waals surface area contributed by atoms with Crippen LogP contribution < -0.4 is 10.6 Å². The van der Waals surface area contributed by atoms with Crippen molar-refractivity contribution in [1.82, 2.24) is 19.7 Å². The number of amides is 2. The molecule has 0 aliphatic heterocycles. The molecule has 10 heteroatoms. The zero-order valence-corrected chi connectivity index (χ0v) is 19.8. The normalized spacial score (nSPS) is 11.2. The molecule has 0 radical (unpaired) electrons. The minimum atomic E-state index is -0.312. The molecule has 0 fully saturated rings. The van der Waals surface area contributed by atoms with Gasteiger partial charge in [0.1, 0.15) is 16.5 Å². The van der Waals surface area contributed by atoms with Crippen LogP contribution in [0.1, 0.15) is 0 Å². The second kappa shape index (κ2) is 9.80. The van der Waals surface area contributed by atoms with Crippen molar-refractivity contribution < 1.29 is 13.9 Å². The number of pyridine rings is 1. The maximum absolute atomic E-state index is 13.3. The maximum Gasteiger partial charge on any atom is 0.321 e. The molecule has 2 N–H and O–H groups in total. The predicted molar refractivity (Wildman–Crippen MR) is 133 cm³/mol. The summed E-state index contributed by atoms with van der Waals surface area (Å²) in [4.78, 5) is 22.0. The number of rotatable bonds is 7. The van der Waals surface area contributed by atoms with Gasteiger partial charge in [0.25, 0.3) is 0 Å². The van der Waals surface area contributed by atoms with Crippen LogP contribution in [0.4, 0.5) is 14.3 Å². The van der Waals surface area contributed by atoms with Gasteiger partial charge >= 0.3 is 6.03 Å². The maximum atomic E-state index is 13.3. The lowest BCUT2D eigenvalue weighted by Gasteiger charge is -2.06. The molecule has 7 nitrogen and oxygen atoms in total. The first kappa shape index (κ1) is 22.3. The Morgan fingerprint density at radius 3 is 2.79 bits per heavy atom. The molecule has 0 saturated carbocycles. The number of hydrogen-bond acceptors (Lipinski definition) is 6. The molecule has 0 spiro atoms. The fraction of sp³-hybridized carbons (Fsp3) is 0.125. The molecule has 0 atom stereocenters. The number of aromatic nitrogens is 3. The molecule has 0 saturated heterocycles. The van der Waals surface area contributed by atoms with Gasteiger partial charge in [-0.25, -0.2) is 19.2 Å². The first-order chi connectivity index (χ1) is 16.6. The fourth-order valence-electron chi connectivity index (χ4n) is 3.40. The summed E-state index contributed by atoms with van der Waals surface area (Å²) in [5, 5.41) is 6.97. The van der Waals surface area contributed by atoms with Crippen molar-refractivity contribution in [2.45, 2.75) is 9.92 Å². The Labute approximate surface area is 203 Å². The highest BCUT2D eigenvalue weighted by atomic mass is 32.2. The van der Waals surface area contributed by atoms with Crippen LogP contribution in [0.2, 0.25) is 0 Å². The van der Waals surface area contributed by atoms with Crippen LogP contribution in [0.5, 0.6) is 0 Å². The summed E-state index contributed by atoms with van der Waals surface area (Å²) in [6.07, 6.45) is 3.84. The predicted octanol–water partition coefficient (Wildman–Crippen LogP) is 5.67. The first-order valence-electron chi connectivity index (χ1n) is 10.4. The van der Waals surface area contributed by atoms with Crippen LogP contribution in [0.15, 0.2) is 76.9 Å². The number of carbonyl (C=O) groups excluding carboxylic acids is 1. The van der Waals surface area contributed by atoms with E-state index >= 15 is 0 Å². The fourth-order valence-corrected chi connectivity index (χ4v) is 5.28. The first-order valence-corrected chi connectivity index (χ1v) is 12.1. The summed E-state index contributed by atoms with van der Waals surface area (Å²) in [6, 6.07) is 16.1. The number of thiazole rings is 1. The third-order valence-corrected chi connectivity index (χ3v) is 6.98. The second-order valence-electron chi connectivity index (χ2n) is 7.37. The van der Waals surface area contributed by atoms with E-state index in [2.05, 4.69) is 26.7 Å². The summed E-state index contributed by atoms with van der Waals surface area (Å²) < 4.78 is 21.2. The van der Waals surface area contributed by atoms with E-state index in [0.717, 1.165) is 36.9 Å². The lowest BCUT2D eigenvalue weighted by atomic mass is 10.1. The van der Waals surface area contributed by atoms with E-state index in [1.54, 1.807) is 31.0 Å². The number of urea groups is 1. The number of nitrogens with one attached hydrogen (secondary N) is 2. The highest BCUT2D eigenvalue weighted by molar-refractivity contribution is 7.99. The minimum absolute atomic E-state index is 0.257. The highest BCUT2D eigenvalue weighted by Crippen LogP contribution is 2.34. The van der Waals surface area contributed by atoms with Gasteiger partial charge in [-0.1, -0.05) is 35.2 Å². The van der Waals surface area contributed by atoms with Gasteiger partial charge in [0.05, 0.1) is 23.0 Å². The van der Waals surface area contributed by atoms with Crippen molar-refractivity contribution in [2.75, 3.05) is 25.6 Å². The number of fused-ring (bicyclic) bond motifs is 2. The molecule has 3 heterocycles. The van der Waals surface area contributed by atoms with Gasteiger partial charge in [-0.3, -0.25) is 9.72 Å². The van der Waals surface area contributed by atoms with Gasteiger partial charge in [0.2, 0.25) is 0 Å². The van der Waals surface area contributed by atoms with Gasteiger partial charge in [0, 0.05) is 24.7 Å². The third-order valence-electron chi connectivity index (χ3n) is 5.04. The number of ether oxygens (including phenoxy) is 1. The monoisotopic (exact) mass is 493 g/mol. The van der Waals surface area contributed by atoms with Gasteiger partial charge in [-0.15, -0.1) is 0 Å². The SMILES string of the molecule is COCCNC(=O)Nc1nc2ccc(Sc3cnc4ccc(-c5ccc(F)cc5)cn34)cc2s1. The number of imidazole rings is 1. The van der Waals surface area contributed by atoms with E-state index in [-0.39, 0.29) is 11.8 Å². The molecule has 2 aromatic carbocycles. The molecule has 172 valence electrons. The topological polar surface area (TPSA) is 80.5 Å². The van der Waals surface area contributed by atoms with Gasteiger partial charge in [0.15, 0.2) is 5.13 Å². The lowest BCUT2D eigenvalue weighted by molar-refractivity contribution is 0.198. The molecular formula is C24H20FN5O2S2. The van der Waals surface area contributed by atoms with Crippen LogP contribution in [0.25, 0.3) is 27.0 Å². The summed E-state index contributed by atoms with van der Waals surface area (Å²) >= 11 is 3.00. The van der Waals surface area contributed by atoms with E-state index in [0.29, 0.717) is 18.3 Å². The lowest BCUT2D eigenvalue weighted by Crippen LogP contribution is -2.31. The largest absolute Gasteiger partial charge is 0.383 e. The van der Waals surface area contributed by atoms with Crippen LogP contribution in [0, 0.1) is 5.82 Å². The number of hydrogen-bond donors (Lipinski definition) is 2. The quantitative estimate of drug-likeness (QED) is 0.286. The molecule has 0 aliphatic rings. The van der Waals surface area contributed by atoms with E-state index in [9.17, 15) is 9.18 Å². The van der Waals surface area contributed by atoms with Crippen LogP contribution >= 0.6 is 23.1 Å². The zero-order chi connectivity index (χ0) is 23.5. The third kappa shape index (κ3) is 4.89. The van der Waals surface area contributed by atoms with Crippen molar-refractivity contribution >= 4 is 50.1 Å². The standard InChI is InChI=1S/C24H20FN5O2S2/c1-32-11-10-26-23(31)29-24-28-19-8-7-18(12-20(19)34-24)33-22-13-27-21-9-4-16(14-30(21)22)15-2-5-17(25)6-3-15/h2-9,12-14H,10-11H2,1H3,(H2,26,28,29,31). The van der Waals surface area contributed by atoms with E-state index < -0.39 is 0 Å². The average Bonchev–Trinajstić information content (AvgIpc) is 3.42. The molecule has 0 unspecified atom stereocenters. The van der Waals surface area contributed by atoms with Crippen LogP contribution in [0.3, 0.4) is 0 Å². The van der Waals surface area contributed by atoms with E-state index in [4.69, 9.17) is 4.74 Å². The molecule has 0 bridgehead atoms. The summed E-state index contributed by atoms with van der Waals surface area (Å²) in [7, 11) is 1.58. The van der Waals surface area contributed by atoms with Gasteiger partial charge in [-0.2, -0.15) is 0 Å². The van der Waals surface area contributed by atoms with Crippen molar-refractivity contribution in [2.24, 2.45) is 0 Å². The summed E-state index contributed by atoms with van der Waals surface area (Å²) in [5.41, 5.74) is 3.56. The Balaban J connectivity index is 1.36. The second-order valence-corrected chi connectivity index (χ2v) is 9.50. The van der Waals surface area contributed by atoms with Crippen molar-refractivity contribution in [3.63, 3.8) is 0 Å². The van der Waals surface area contributed by atoms with Crippen LogP contribution in [-0.2, 0) is 4.74 Å².